The Morgan fingerprint density at radius 2 is 1.86 bits per heavy atom. The molecular formula is C22H31N3O3. The molecule has 0 spiro atoms. The van der Waals surface area contributed by atoms with E-state index in [2.05, 4.69) is 12.2 Å². The summed E-state index contributed by atoms with van der Waals surface area (Å²) in [5.74, 6) is 0.0208. The van der Waals surface area contributed by atoms with Gasteiger partial charge in [0, 0.05) is 32.5 Å². The molecule has 152 valence electrons. The fraction of sp³-hybridized carbons (Fsp3) is 0.591. The molecule has 1 atom stereocenters. The van der Waals surface area contributed by atoms with Gasteiger partial charge in [-0.3, -0.25) is 14.5 Å². The van der Waals surface area contributed by atoms with Gasteiger partial charge in [0.2, 0.25) is 5.91 Å². The smallest absolute Gasteiger partial charge is 0.327 e. The summed E-state index contributed by atoms with van der Waals surface area (Å²) < 4.78 is 0. The summed E-state index contributed by atoms with van der Waals surface area (Å²) in [6, 6.07) is 7.50. The van der Waals surface area contributed by atoms with Crippen LogP contribution in [0.5, 0.6) is 0 Å². The van der Waals surface area contributed by atoms with Gasteiger partial charge < -0.3 is 10.2 Å². The molecule has 1 aromatic rings. The molecule has 1 fully saturated rings. The molecule has 2 aliphatic rings. The van der Waals surface area contributed by atoms with Gasteiger partial charge in [-0.15, -0.1) is 0 Å². The van der Waals surface area contributed by atoms with E-state index in [1.165, 1.54) is 4.90 Å². The number of rotatable bonds is 10. The van der Waals surface area contributed by atoms with E-state index in [-0.39, 0.29) is 23.9 Å². The van der Waals surface area contributed by atoms with Gasteiger partial charge >= 0.3 is 6.03 Å². The van der Waals surface area contributed by atoms with Crippen molar-refractivity contribution in [3.8, 4) is 0 Å². The predicted molar refractivity (Wildman–Crippen MR) is 108 cm³/mol. The molecule has 1 N–H and O–H groups in total. The molecule has 1 aromatic carbocycles. The average Bonchev–Trinajstić information content (AvgIpc) is 2.93. The molecule has 1 unspecified atom stereocenters. The Balaban J connectivity index is 1.39. The van der Waals surface area contributed by atoms with Crippen LogP contribution in [0, 0.1) is 0 Å². The Morgan fingerprint density at radius 3 is 2.64 bits per heavy atom. The van der Waals surface area contributed by atoms with E-state index in [1.54, 1.807) is 4.90 Å². The van der Waals surface area contributed by atoms with Crippen molar-refractivity contribution in [2.24, 2.45) is 0 Å². The lowest BCUT2D eigenvalue weighted by atomic mass is 9.95. The molecule has 4 amide bonds. The lowest BCUT2D eigenvalue weighted by molar-refractivity contribution is -0.128. The standard InChI is InChI=1S/C22H31N3O3/c1-2-3-8-13-23-20(26)12-5-4-9-14-24-21(27)19-15-17-10-6-7-11-18(17)16-25(19)22(24)28/h6-7,10-11,19H,2-5,8-9,12-16H2,1H3,(H,23,26). The SMILES string of the molecule is CCCCCNC(=O)CCCCCN1C(=O)C2Cc3ccccc3CN2C1=O. The number of hydrogen-bond acceptors (Lipinski definition) is 3. The van der Waals surface area contributed by atoms with Crippen LogP contribution < -0.4 is 5.32 Å². The molecule has 0 radical (unpaired) electrons. The second-order valence-electron chi connectivity index (χ2n) is 7.76. The van der Waals surface area contributed by atoms with E-state index in [0.29, 0.717) is 25.9 Å². The largest absolute Gasteiger partial charge is 0.356 e. The number of fused-ring (bicyclic) bond motifs is 2. The molecule has 28 heavy (non-hydrogen) atoms. The van der Waals surface area contributed by atoms with Crippen LogP contribution in [0.2, 0.25) is 0 Å². The van der Waals surface area contributed by atoms with Gasteiger partial charge in [-0.2, -0.15) is 0 Å². The highest BCUT2D eigenvalue weighted by Gasteiger charge is 2.46. The van der Waals surface area contributed by atoms with E-state index in [1.807, 2.05) is 24.3 Å². The first-order chi connectivity index (χ1) is 13.6. The van der Waals surface area contributed by atoms with Gasteiger partial charge in [0.25, 0.3) is 5.91 Å². The highest BCUT2D eigenvalue weighted by Crippen LogP contribution is 2.30. The first kappa shape index (κ1) is 20.4. The van der Waals surface area contributed by atoms with Crippen molar-refractivity contribution in [1.29, 1.82) is 0 Å². The van der Waals surface area contributed by atoms with Crippen LogP contribution in [0.1, 0.15) is 63.0 Å². The van der Waals surface area contributed by atoms with E-state index in [9.17, 15) is 14.4 Å². The van der Waals surface area contributed by atoms with Crippen LogP contribution in [0.4, 0.5) is 4.79 Å². The van der Waals surface area contributed by atoms with E-state index < -0.39 is 0 Å². The van der Waals surface area contributed by atoms with Crippen molar-refractivity contribution < 1.29 is 14.4 Å². The normalized spacial score (nSPS) is 18.2. The van der Waals surface area contributed by atoms with Crippen LogP contribution in [-0.2, 0) is 22.6 Å². The van der Waals surface area contributed by atoms with Crippen molar-refractivity contribution >= 4 is 17.8 Å². The first-order valence-electron chi connectivity index (χ1n) is 10.6. The number of imide groups is 1. The highest BCUT2D eigenvalue weighted by atomic mass is 16.2. The lowest BCUT2D eigenvalue weighted by Crippen LogP contribution is -2.39. The zero-order valence-electron chi connectivity index (χ0n) is 16.8. The van der Waals surface area contributed by atoms with Crippen molar-refractivity contribution in [1.82, 2.24) is 15.1 Å². The number of nitrogens with zero attached hydrogens (tertiary/aromatic N) is 2. The maximum atomic E-state index is 12.7. The molecule has 2 aliphatic heterocycles. The van der Waals surface area contributed by atoms with E-state index in [4.69, 9.17) is 0 Å². The summed E-state index contributed by atoms with van der Waals surface area (Å²) in [6.45, 7) is 3.85. The molecule has 1 saturated heterocycles. The Bertz CT molecular complexity index is 676. The topological polar surface area (TPSA) is 69.7 Å². The Hall–Kier alpha value is -2.37. The molecular weight excluding hydrogens is 354 g/mol. The lowest BCUT2D eigenvalue weighted by Gasteiger charge is -2.28. The van der Waals surface area contributed by atoms with Crippen molar-refractivity contribution in [2.75, 3.05) is 13.1 Å². The molecule has 0 aliphatic carbocycles. The number of hydrogen-bond donors (Lipinski definition) is 1. The van der Waals surface area contributed by atoms with E-state index >= 15 is 0 Å². The summed E-state index contributed by atoms with van der Waals surface area (Å²) in [5.41, 5.74) is 2.29. The molecule has 6 heteroatoms. The van der Waals surface area contributed by atoms with Crippen molar-refractivity contribution in [3.05, 3.63) is 35.4 Å². The summed E-state index contributed by atoms with van der Waals surface area (Å²) in [4.78, 5) is 40.3. The van der Waals surface area contributed by atoms with Gasteiger partial charge in [-0.05, 0) is 30.4 Å². The molecule has 3 rings (SSSR count). The minimum atomic E-state index is -0.351. The minimum absolute atomic E-state index is 0.0758. The summed E-state index contributed by atoms with van der Waals surface area (Å²) in [6.07, 6.45) is 6.80. The van der Waals surface area contributed by atoms with E-state index in [0.717, 1.165) is 56.2 Å². The van der Waals surface area contributed by atoms with Gasteiger partial charge in [-0.1, -0.05) is 50.5 Å². The summed E-state index contributed by atoms with van der Waals surface area (Å²) in [7, 11) is 0. The number of carbonyl (C=O) groups is 3. The third-order valence-corrected chi connectivity index (χ3v) is 5.66. The zero-order chi connectivity index (χ0) is 19.9. The first-order valence-corrected chi connectivity index (χ1v) is 10.6. The second kappa shape index (κ2) is 9.71. The maximum Gasteiger partial charge on any atom is 0.327 e. The monoisotopic (exact) mass is 385 g/mol. The highest BCUT2D eigenvalue weighted by molar-refractivity contribution is 6.04. The molecule has 0 bridgehead atoms. The number of unbranched alkanes of at least 4 members (excludes halogenated alkanes) is 4. The summed E-state index contributed by atoms with van der Waals surface area (Å²) >= 11 is 0. The van der Waals surface area contributed by atoms with Gasteiger partial charge in [0.1, 0.15) is 6.04 Å². The molecule has 2 heterocycles. The van der Waals surface area contributed by atoms with Gasteiger partial charge in [-0.25, -0.2) is 4.79 Å². The van der Waals surface area contributed by atoms with Crippen LogP contribution in [0.25, 0.3) is 0 Å². The Labute approximate surface area is 167 Å². The number of amides is 4. The molecule has 0 saturated carbocycles. The fourth-order valence-electron chi connectivity index (χ4n) is 4.00. The maximum absolute atomic E-state index is 12.7. The Morgan fingerprint density at radius 1 is 1.07 bits per heavy atom. The summed E-state index contributed by atoms with van der Waals surface area (Å²) in [5, 5.41) is 2.94. The quantitative estimate of drug-likeness (QED) is 0.496. The number of urea groups is 1. The number of nitrogens with one attached hydrogen (secondary N) is 1. The fourth-order valence-corrected chi connectivity index (χ4v) is 4.00. The number of benzene rings is 1. The third-order valence-electron chi connectivity index (χ3n) is 5.66. The average molecular weight is 386 g/mol. The van der Waals surface area contributed by atoms with Crippen LogP contribution in [0.3, 0.4) is 0 Å². The van der Waals surface area contributed by atoms with Crippen LogP contribution in [0.15, 0.2) is 24.3 Å². The Kier molecular flexibility index (Phi) is 7.06. The van der Waals surface area contributed by atoms with Crippen LogP contribution in [-0.4, -0.2) is 46.8 Å². The molecule has 6 nitrogen and oxygen atoms in total. The third kappa shape index (κ3) is 4.72. The second-order valence-corrected chi connectivity index (χ2v) is 7.76. The van der Waals surface area contributed by atoms with Crippen molar-refractivity contribution in [3.63, 3.8) is 0 Å². The van der Waals surface area contributed by atoms with Gasteiger partial charge in [0.05, 0.1) is 0 Å². The number of carbonyl (C=O) groups excluding carboxylic acids is 3. The molecule has 0 aromatic heterocycles. The van der Waals surface area contributed by atoms with Crippen molar-refractivity contribution in [2.45, 2.75) is 70.9 Å². The zero-order valence-corrected chi connectivity index (χ0v) is 16.8. The predicted octanol–water partition coefficient (Wildman–Crippen LogP) is 3.24. The van der Waals surface area contributed by atoms with Gasteiger partial charge in [0.15, 0.2) is 0 Å². The van der Waals surface area contributed by atoms with Crippen LogP contribution >= 0.6 is 0 Å². The minimum Gasteiger partial charge on any atom is -0.356 e.